The Labute approximate surface area is 159 Å². The normalized spacial score (nSPS) is 14.9. The van der Waals surface area contributed by atoms with E-state index >= 15 is 0 Å². The minimum atomic E-state index is -0.799. The van der Waals surface area contributed by atoms with Crippen LogP contribution in [0.5, 0.6) is 11.5 Å². The third-order valence-electron chi connectivity index (χ3n) is 3.58. The van der Waals surface area contributed by atoms with E-state index in [0.29, 0.717) is 11.5 Å². The van der Waals surface area contributed by atoms with Crippen molar-refractivity contribution < 1.29 is 35.5 Å². The van der Waals surface area contributed by atoms with Crippen molar-refractivity contribution in [2.24, 2.45) is 0 Å². The zero-order valence-corrected chi connectivity index (χ0v) is 16.0. The number of rotatable bonds is 4. The predicted octanol–water partition coefficient (Wildman–Crippen LogP) is 2.19. The fourth-order valence-electron chi connectivity index (χ4n) is 2.39. The predicted molar refractivity (Wildman–Crippen MR) is 93.4 cm³/mol. The van der Waals surface area contributed by atoms with Gasteiger partial charge in [0.25, 0.3) is 0 Å². The number of esters is 4. The van der Waals surface area contributed by atoms with Crippen LogP contribution in [0.2, 0.25) is 0 Å². The third kappa shape index (κ3) is 3.07. The van der Waals surface area contributed by atoms with E-state index in [1.807, 2.05) is 0 Å². The zero-order valence-electron chi connectivity index (χ0n) is 12.7. The Morgan fingerprint density at radius 1 is 0.692 bits per heavy atom. The van der Waals surface area contributed by atoms with Gasteiger partial charge in [-0.1, -0.05) is 0 Å². The number of hydrogen-bond donors (Lipinski definition) is 0. The summed E-state index contributed by atoms with van der Waals surface area (Å²) in [6.45, 7) is 0. The fraction of sp³-hybridized carbons (Fsp3) is 0. The molecule has 2 aromatic carbocycles. The second-order valence-corrected chi connectivity index (χ2v) is 9.23. The third-order valence-corrected chi connectivity index (χ3v) is 6.76. The molecular formula is C16H6AlIO8. The number of halogens is 1. The Balaban J connectivity index is 1.43. The number of hydrogen-bond acceptors (Lipinski definition) is 8. The first-order valence-corrected chi connectivity index (χ1v) is 12.7. The van der Waals surface area contributed by atoms with Crippen LogP contribution in [0.3, 0.4) is 0 Å². The van der Waals surface area contributed by atoms with E-state index in [1.54, 1.807) is 12.1 Å². The van der Waals surface area contributed by atoms with Gasteiger partial charge in [-0.05, 0) is 0 Å². The maximum absolute atomic E-state index is 11.5. The molecule has 10 heteroatoms. The first kappa shape index (κ1) is 17.0. The molecule has 2 aliphatic heterocycles. The fourth-order valence-corrected chi connectivity index (χ4v) is 5.47. The number of carbonyl (C=O) groups is 4. The Bertz CT molecular complexity index is 947. The van der Waals surface area contributed by atoms with Crippen molar-refractivity contribution in [1.29, 1.82) is 0 Å². The van der Waals surface area contributed by atoms with Crippen molar-refractivity contribution in [2.45, 2.75) is 0 Å². The van der Waals surface area contributed by atoms with Gasteiger partial charge in [0.1, 0.15) is 0 Å². The Hall–Kier alpha value is -2.42. The van der Waals surface area contributed by atoms with Crippen LogP contribution in [0.4, 0.5) is 0 Å². The molecule has 4 rings (SSSR count). The van der Waals surface area contributed by atoms with E-state index in [-0.39, 0.29) is 22.3 Å². The molecule has 0 saturated heterocycles. The first-order valence-electron chi connectivity index (χ1n) is 7.13. The molecule has 0 aliphatic carbocycles. The molecular weight excluding hydrogens is 474 g/mol. The summed E-state index contributed by atoms with van der Waals surface area (Å²) in [5.74, 6) is -1.77. The topological polar surface area (TPSA) is 105 Å². The van der Waals surface area contributed by atoms with Gasteiger partial charge in [0.05, 0.1) is 0 Å². The van der Waals surface area contributed by atoms with Crippen LogP contribution in [0.15, 0.2) is 36.4 Å². The number of cyclic esters (lactones) is 4. The molecule has 0 spiro atoms. The first-order chi connectivity index (χ1) is 12.5. The van der Waals surface area contributed by atoms with E-state index in [0.717, 1.165) is 0 Å². The summed E-state index contributed by atoms with van der Waals surface area (Å²) in [5, 5.41) is 0. The zero-order chi connectivity index (χ0) is 18.3. The van der Waals surface area contributed by atoms with E-state index in [9.17, 15) is 19.2 Å². The van der Waals surface area contributed by atoms with E-state index in [1.165, 1.54) is 24.3 Å². The van der Waals surface area contributed by atoms with Gasteiger partial charge < -0.3 is 0 Å². The van der Waals surface area contributed by atoms with Gasteiger partial charge in [0.15, 0.2) is 0 Å². The molecule has 0 N–H and O–H groups in total. The average molecular weight is 480 g/mol. The van der Waals surface area contributed by atoms with Gasteiger partial charge in [-0.2, -0.15) is 0 Å². The molecule has 0 radical (unpaired) electrons. The van der Waals surface area contributed by atoms with Gasteiger partial charge in [-0.15, -0.1) is 0 Å². The number of fused-ring (bicyclic) bond motifs is 2. The van der Waals surface area contributed by atoms with Crippen molar-refractivity contribution in [3.63, 3.8) is 0 Å². The molecule has 8 nitrogen and oxygen atoms in total. The molecule has 0 unspecified atom stereocenters. The van der Waals surface area contributed by atoms with Gasteiger partial charge in [-0.3, -0.25) is 0 Å². The number of benzene rings is 2. The van der Waals surface area contributed by atoms with Crippen molar-refractivity contribution in [3.05, 3.63) is 58.7 Å². The number of ether oxygens (including phenoxy) is 2. The molecule has 2 aromatic rings. The van der Waals surface area contributed by atoms with Crippen LogP contribution in [0.1, 0.15) is 41.4 Å². The molecule has 0 saturated carbocycles. The Kier molecular flexibility index (Phi) is 4.39. The van der Waals surface area contributed by atoms with Gasteiger partial charge >= 0.3 is 160 Å². The van der Waals surface area contributed by atoms with Crippen molar-refractivity contribution >= 4 is 54.3 Å². The van der Waals surface area contributed by atoms with Crippen LogP contribution in [0.25, 0.3) is 0 Å². The summed E-state index contributed by atoms with van der Waals surface area (Å²) in [6, 6.07) is 9.09. The molecule has 26 heavy (non-hydrogen) atoms. The molecule has 128 valence electrons. The molecule has 2 heterocycles. The summed E-state index contributed by atoms with van der Waals surface area (Å²) in [7, 11) is 0. The van der Waals surface area contributed by atoms with Crippen LogP contribution >= 0.6 is 18.7 Å². The molecule has 0 fully saturated rings. The summed E-state index contributed by atoms with van der Waals surface area (Å²) in [6.07, 6.45) is 0. The summed E-state index contributed by atoms with van der Waals surface area (Å²) in [5.41, 5.74) is 0.827. The van der Waals surface area contributed by atoms with Crippen LogP contribution in [-0.2, 0) is 9.47 Å². The van der Waals surface area contributed by atoms with Gasteiger partial charge in [0.2, 0.25) is 0 Å². The van der Waals surface area contributed by atoms with Crippen LogP contribution < -0.4 is 6.85 Å². The molecule has 0 amide bonds. The second kappa shape index (κ2) is 6.71. The van der Waals surface area contributed by atoms with Gasteiger partial charge in [-0.25, -0.2) is 0 Å². The molecule has 0 aromatic heterocycles. The maximum atomic E-state index is 11.5. The summed E-state index contributed by atoms with van der Waals surface area (Å²) < 4.78 is 20.3. The Morgan fingerprint density at radius 2 is 1.19 bits per heavy atom. The van der Waals surface area contributed by atoms with E-state index in [2.05, 4.69) is 9.47 Å². The second-order valence-electron chi connectivity index (χ2n) is 5.14. The monoisotopic (exact) mass is 480 g/mol. The number of carbonyl (C=O) groups excluding carboxylic acids is 4. The average Bonchev–Trinajstić information content (AvgIpc) is 3.07. The van der Waals surface area contributed by atoms with E-state index in [4.69, 9.17) is 6.85 Å². The summed E-state index contributed by atoms with van der Waals surface area (Å²) in [4.78, 5) is 45.8. The molecule has 0 bridgehead atoms. The van der Waals surface area contributed by atoms with Crippen molar-refractivity contribution in [1.82, 2.24) is 0 Å². The van der Waals surface area contributed by atoms with Crippen molar-refractivity contribution in [3.8, 4) is 11.5 Å². The molecule has 0 atom stereocenters. The quantitative estimate of drug-likeness (QED) is 0.284. The Morgan fingerprint density at radius 3 is 1.81 bits per heavy atom. The standard InChI is InChI=1S/C8H3IO4.C8H4O4.Al/c9-13-4-1-2-5-6(3-4)8(11)12-7(5)10;9-4-1-2-5-6(3-4)8(11)12-7(5)10;/h1-3H;1-3,9H;/q;;+1/p-1. The van der Waals surface area contributed by atoms with Gasteiger partial charge in [0, 0.05) is 0 Å². The minimum absolute atomic E-state index is 0.188. The van der Waals surface area contributed by atoms with Crippen molar-refractivity contribution in [2.75, 3.05) is 0 Å². The summed E-state index contributed by atoms with van der Waals surface area (Å²) >= 11 is -1.32. The van der Waals surface area contributed by atoms with E-state index < -0.39 is 54.3 Å². The SMILES string of the molecule is O=C1OC(=O)c2cc([O][Al]=[I]Oc3ccc4c(c3)C(=O)OC4=O)ccc21. The van der Waals surface area contributed by atoms with Crippen LogP contribution in [-0.4, -0.2) is 35.6 Å². The molecule has 2 aliphatic rings. The van der Waals surface area contributed by atoms with Crippen LogP contribution in [0, 0.1) is 0 Å².